The molecule has 0 aromatic heterocycles. The molecular formula is C22H25N3O3. The van der Waals surface area contributed by atoms with Crippen LogP contribution in [0, 0.1) is 5.92 Å². The lowest BCUT2D eigenvalue weighted by molar-refractivity contribution is -0.122. The van der Waals surface area contributed by atoms with Crippen molar-refractivity contribution in [2.24, 2.45) is 5.92 Å². The Bertz CT molecular complexity index is 847. The van der Waals surface area contributed by atoms with E-state index in [-0.39, 0.29) is 36.1 Å². The molecular weight excluding hydrogens is 354 g/mol. The number of hydrogen-bond acceptors (Lipinski definition) is 3. The standard InChI is InChI=1S/C22H25N3O3/c1-15(2)23-20(26)12-16-8-10-18(11-9-16)24-22(28)17-13-21(27)25(14-17)19-6-4-3-5-7-19/h3-11,15,17H,12-14H2,1-2H3,(H,23,26)(H,24,28). The molecule has 1 atom stereocenters. The molecule has 28 heavy (non-hydrogen) atoms. The van der Waals surface area contributed by atoms with Crippen molar-refractivity contribution in [1.29, 1.82) is 0 Å². The second-order valence-corrected chi connectivity index (χ2v) is 7.33. The van der Waals surface area contributed by atoms with Crippen LogP contribution in [0.5, 0.6) is 0 Å². The van der Waals surface area contributed by atoms with Crippen molar-refractivity contribution in [1.82, 2.24) is 5.32 Å². The first-order chi connectivity index (χ1) is 13.4. The SMILES string of the molecule is CC(C)NC(=O)Cc1ccc(NC(=O)C2CC(=O)N(c3ccccc3)C2)cc1. The third-order valence-electron chi connectivity index (χ3n) is 4.60. The lowest BCUT2D eigenvalue weighted by atomic mass is 10.1. The van der Waals surface area contributed by atoms with Crippen molar-refractivity contribution < 1.29 is 14.4 Å². The molecule has 6 heteroatoms. The van der Waals surface area contributed by atoms with Gasteiger partial charge in [-0.1, -0.05) is 30.3 Å². The van der Waals surface area contributed by atoms with Crippen molar-refractivity contribution in [2.75, 3.05) is 16.8 Å². The third-order valence-corrected chi connectivity index (χ3v) is 4.60. The molecule has 0 spiro atoms. The van der Waals surface area contributed by atoms with E-state index in [0.29, 0.717) is 18.7 Å². The molecule has 6 nitrogen and oxygen atoms in total. The molecule has 0 bridgehead atoms. The van der Waals surface area contributed by atoms with E-state index in [1.54, 1.807) is 17.0 Å². The van der Waals surface area contributed by atoms with Gasteiger partial charge in [0.15, 0.2) is 0 Å². The van der Waals surface area contributed by atoms with Crippen molar-refractivity contribution >= 4 is 29.1 Å². The first-order valence-electron chi connectivity index (χ1n) is 9.47. The molecule has 1 fully saturated rings. The highest BCUT2D eigenvalue weighted by Gasteiger charge is 2.35. The summed E-state index contributed by atoms with van der Waals surface area (Å²) >= 11 is 0. The van der Waals surface area contributed by atoms with Gasteiger partial charge >= 0.3 is 0 Å². The molecule has 3 amide bonds. The average molecular weight is 379 g/mol. The monoisotopic (exact) mass is 379 g/mol. The summed E-state index contributed by atoms with van der Waals surface area (Å²) in [6.45, 7) is 4.22. The van der Waals surface area contributed by atoms with Crippen LogP contribution in [0.2, 0.25) is 0 Å². The minimum Gasteiger partial charge on any atom is -0.354 e. The number of amides is 3. The molecule has 0 radical (unpaired) electrons. The molecule has 2 aromatic carbocycles. The highest BCUT2D eigenvalue weighted by Crippen LogP contribution is 2.25. The smallest absolute Gasteiger partial charge is 0.229 e. The number of nitrogens with one attached hydrogen (secondary N) is 2. The second kappa shape index (κ2) is 8.69. The predicted molar refractivity (Wildman–Crippen MR) is 109 cm³/mol. The Morgan fingerprint density at radius 3 is 2.39 bits per heavy atom. The minimum absolute atomic E-state index is 0.0303. The number of carbonyl (C=O) groups excluding carboxylic acids is 3. The van der Waals surface area contributed by atoms with E-state index in [2.05, 4.69) is 10.6 Å². The number of anilines is 2. The summed E-state index contributed by atoms with van der Waals surface area (Å²) in [5.74, 6) is -0.628. The summed E-state index contributed by atoms with van der Waals surface area (Å²) in [5.41, 5.74) is 2.35. The zero-order chi connectivity index (χ0) is 20.1. The van der Waals surface area contributed by atoms with Crippen LogP contribution < -0.4 is 15.5 Å². The van der Waals surface area contributed by atoms with Crippen LogP contribution in [-0.2, 0) is 20.8 Å². The molecule has 3 rings (SSSR count). The van der Waals surface area contributed by atoms with Gasteiger partial charge in [-0.25, -0.2) is 0 Å². The van der Waals surface area contributed by atoms with Crippen molar-refractivity contribution in [3.8, 4) is 0 Å². The summed E-state index contributed by atoms with van der Waals surface area (Å²) in [7, 11) is 0. The van der Waals surface area contributed by atoms with Crippen LogP contribution in [-0.4, -0.2) is 30.3 Å². The van der Waals surface area contributed by atoms with E-state index in [0.717, 1.165) is 11.3 Å². The van der Waals surface area contributed by atoms with Gasteiger partial charge in [0.05, 0.1) is 12.3 Å². The van der Waals surface area contributed by atoms with E-state index in [4.69, 9.17) is 0 Å². The minimum atomic E-state index is -0.385. The summed E-state index contributed by atoms with van der Waals surface area (Å²) in [5, 5.41) is 5.72. The maximum atomic E-state index is 12.6. The molecule has 1 aliphatic heterocycles. The Balaban J connectivity index is 1.56. The number of nitrogens with zero attached hydrogens (tertiary/aromatic N) is 1. The number of carbonyl (C=O) groups is 3. The van der Waals surface area contributed by atoms with Crippen molar-refractivity contribution in [2.45, 2.75) is 32.7 Å². The van der Waals surface area contributed by atoms with E-state index in [9.17, 15) is 14.4 Å². The Hall–Kier alpha value is -3.15. The number of para-hydroxylation sites is 1. The summed E-state index contributed by atoms with van der Waals surface area (Å²) in [6.07, 6.45) is 0.504. The topological polar surface area (TPSA) is 78.5 Å². The average Bonchev–Trinajstić information content (AvgIpc) is 3.05. The van der Waals surface area contributed by atoms with Gasteiger partial charge in [-0.2, -0.15) is 0 Å². The molecule has 1 saturated heterocycles. The van der Waals surface area contributed by atoms with Crippen LogP contribution in [0.1, 0.15) is 25.8 Å². The highest BCUT2D eigenvalue weighted by molar-refractivity contribution is 6.03. The molecule has 1 unspecified atom stereocenters. The molecule has 2 N–H and O–H groups in total. The largest absolute Gasteiger partial charge is 0.354 e. The number of hydrogen-bond donors (Lipinski definition) is 2. The third kappa shape index (κ3) is 4.97. The van der Waals surface area contributed by atoms with E-state index < -0.39 is 0 Å². The second-order valence-electron chi connectivity index (χ2n) is 7.33. The Labute approximate surface area is 164 Å². The van der Waals surface area contributed by atoms with Crippen LogP contribution >= 0.6 is 0 Å². The Morgan fingerprint density at radius 2 is 1.75 bits per heavy atom. The van der Waals surface area contributed by atoms with Gasteiger partial charge in [0.2, 0.25) is 17.7 Å². The Kier molecular flexibility index (Phi) is 6.09. The molecule has 146 valence electrons. The summed E-state index contributed by atoms with van der Waals surface area (Å²) in [6, 6.07) is 16.7. The zero-order valence-corrected chi connectivity index (χ0v) is 16.1. The maximum Gasteiger partial charge on any atom is 0.229 e. The fourth-order valence-corrected chi connectivity index (χ4v) is 3.25. The molecule has 1 heterocycles. The van der Waals surface area contributed by atoms with Gasteiger partial charge in [-0.3, -0.25) is 14.4 Å². The predicted octanol–water partition coefficient (Wildman–Crippen LogP) is 2.75. The van der Waals surface area contributed by atoms with Gasteiger partial charge in [-0.15, -0.1) is 0 Å². The van der Waals surface area contributed by atoms with Crippen LogP contribution in [0.3, 0.4) is 0 Å². The van der Waals surface area contributed by atoms with Gasteiger partial charge in [0.25, 0.3) is 0 Å². The van der Waals surface area contributed by atoms with Crippen molar-refractivity contribution in [3.05, 3.63) is 60.2 Å². The van der Waals surface area contributed by atoms with Gasteiger partial charge in [0.1, 0.15) is 0 Å². The maximum absolute atomic E-state index is 12.6. The van der Waals surface area contributed by atoms with E-state index in [1.807, 2.05) is 56.3 Å². The van der Waals surface area contributed by atoms with Gasteiger partial charge in [-0.05, 0) is 43.7 Å². The van der Waals surface area contributed by atoms with Crippen LogP contribution in [0.25, 0.3) is 0 Å². The summed E-state index contributed by atoms with van der Waals surface area (Å²) < 4.78 is 0. The number of benzene rings is 2. The Morgan fingerprint density at radius 1 is 1.07 bits per heavy atom. The van der Waals surface area contributed by atoms with E-state index in [1.165, 1.54) is 0 Å². The quantitative estimate of drug-likeness (QED) is 0.810. The van der Waals surface area contributed by atoms with E-state index >= 15 is 0 Å². The fourth-order valence-electron chi connectivity index (χ4n) is 3.25. The number of rotatable bonds is 6. The zero-order valence-electron chi connectivity index (χ0n) is 16.1. The molecule has 2 aromatic rings. The molecule has 0 aliphatic carbocycles. The molecule has 0 saturated carbocycles. The van der Waals surface area contributed by atoms with Gasteiger partial charge < -0.3 is 15.5 Å². The fraction of sp³-hybridized carbons (Fsp3) is 0.318. The highest BCUT2D eigenvalue weighted by atomic mass is 16.2. The lowest BCUT2D eigenvalue weighted by Crippen LogP contribution is -2.31. The summed E-state index contributed by atoms with van der Waals surface area (Å²) in [4.78, 5) is 38.3. The first-order valence-corrected chi connectivity index (χ1v) is 9.47. The molecule has 1 aliphatic rings. The normalized spacial score (nSPS) is 16.3. The van der Waals surface area contributed by atoms with Crippen LogP contribution in [0.4, 0.5) is 11.4 Å². The van der Waals surface area contributed by atoms with Crippen molar-refractivity contribution in [3.63, 3.8) is 0 Å². The lowest BCUT2D eigenvalue weighted by Gasteiger charge is -2.16. The first kappa shape index (κ1) is 19.6. The van der Waals surface area contributed by atoms with Crippen LogP contribution in [0.15, 0.2) is 54.6 Å². The van der Waals surface area contributed by atoms with Gasteiger partial charge in [0, 0.05) is 30.4 Å².